The Morgan fingerprint density at radius 2 is 0.893 bits per heavy atom. The molecule has 4 aliphatic rings. The summed E-state index contributed by atoms with van der Waals surface area (Å²) >= 11 is 0. The second-order valence-electron chi connectivity index (χ2n) is 24.2. The molecule has 0 heterocycles. The lowest BCUT2D eigenvalue weighted by Crippen LogP contribution is -2.57. The minimum Gasteiger partial charge on any atom is -0.466 e. The first-order valence-corrected chi connectivity index (χ1v) is 32.3. The van der Waals surface area contributed by atoms with Crippen LogP contribution in [0.1, 0.15) is 291 Å². The number of unbranched alkanes of at least 4 members (excludes halogenated alkanes) is 18. The standard InChI is InChI=1S/C66H119NO8/c1-6-11-14-17-20-21-22-23-24-25-26-27-28-29-32-39-61(68)73-49-36-43-64-52-59-53-65(56-64,44-37-50-74-62(69)40-35-46-67(9-4)10-5)58-66(54-59,57-64)45-38-51-75-63(70)42-41-60(72-48-34-31-19-16-13-8-3)55-71-47-33-30-18-15-12-7-2/h20-21,23-24,59-60H,6-19,22,25-58H2,1-5H3/b21-20-,24-23-. The number of rotatable bonds is 52. The monoisotopic (exact) mass is 1050 g/mol. The zero-order valence-corrected chi connectivity index (χ0v) is 49.8. The zero-order valence-electron chi connectivity index (χ0n) is 49.8. The van der Waals surface area contributed by atoms with Gasteiger partial charge in [0.25, 0.3) is 0 Å². The van der Waals surface area contributed by atoms with E-state index in [9.17, 15) is 14.4 Å². The lowest BCUT2D eigenvalue weighted by molar-refractivity contribution is -0.173. The molecule has 0 aromatic rings. The summed E-state index contributed by atoms with van der Waals surface area (Å²) in [6.07, 6.45) is 53.3. The van der Waals surface area contributed by atoms with Crippen LogP contribution in [0.15, 0.2) is 24.3 Å². The largest absolute Gasteiger partial charge is 0.466 e. The number of carbonyl (C=O) groups excluding carboxylic acids is 3. The van der Waals surface area contributed by atoms with Crippen LogP contribution in [0.5, 0.6) is 0 Å². The Morgan fingerprint density at radius 3 is 1.41 bits per heavy atom. The highest BCUT2D eigenvalue weighted by atomic mass is 16.5. The van der Waals surface area contributed by atoms with Gasteiger partial charge in [-0.2, -0.15) is 0 Å². The number of nitrogens with zero attached hydrogens (tertiary/aromatic N) is 1. The Bertz CT molecular complexity index is 1500. The van der Waals surface area contributed by atoms with Crippen molar-refractivity contribution in [1.29, 1.82) is 0 Å². The summed E-state index contributed by atoms with van der Waals surface area (Å²) in [6, 6.07) is 0. The fourth-order valence-corrected chi connectivity index (χ4v) is 13.9. The Kier molecular flexibility index (Phi) is 38.2. The number of esters is 3. The predicted octanol–water partition coefficient (Wildman–Crippen LogP) is 17.8. The molecule has 0 radical (unpaired) electrons. The maximum Gasteiger partial charge on any atom is 0.305 e. The van der Waals surface area contributed by atoms with E-state index in [1.54, 1.807) is 0 Å². The molecule has 0 aromatic heterocycles. The molecule has 4 bridgehead atoms. The van der Waals surface area contributed by atoms with Crippen LogP contribution in [0.3, 0.4) is 0 Å². The van der Waals surface area contributed by atoms with Crippen molar-refractivity contribution in [3.63, 3.8) is 0 Å². The summed E-state index contributed by atoms with van der Waals surface area (Å²) in [6.45, 7) is 17.6. The summed E-state index contributed by atoms with van der Waals surface area (Å²) in [5.74, 6) is 0.478. The number of hydrogen-bond acceptors (Lipinski definition) is 9. The first-order valence-electron chi connectivity index (χ1n) is 32.3. The molecular weight excluding hydrogens is 935 g/mol. The Balaban J connectivity index is 1.47. The molecule has 0 aromatic carbocycles. The normalized spacial score (nSPS) is 21.5. The van der Waals surface area contributed by atoms with Crippen LogP contribution < -0.4 is 0 Å². The van der Waals surface area contributed by atoms with Gasteiger partial charge in [0, 0.05) is 32.5 Å². The van der Waals surface area contributed by atoms with Gasteiger partial charge in [-0.25, -0.2) is 0 Å². The third kappa shape index (κ3) is 31.2. The summed E-state index contributed by atoms with van der Waals surface area (Å²) in [5.41, 5.74) is 0.754. The average molecular weight is 1050 g/mol. The smallest absolute Gasteiger partial charge is 0.305 e. The van der Waals surface area contributed by atoms with E-state index in [2.05, 4.69) is 63.8 Å². The van der Waals surface area contributed by atoms with Crippen LogP contribution in [-0.4, -0.2) is 88.2 Å². The van der Waals surface area contributed by atoms with Crippen molar-refractivity contribution in [3.05, 3.63) is 24.3 Å². The molecule has 0 N–H and O–H groups in total. The van der Waals surface area contributed by atoms with E-state index in [0.717, 1.165) is 116 Å². The molecule has 5 atom stereocenters. The molecule has 4 aliphatic carbocycles. The van der Waals surface area contributed by atoms with Gasteiger partial charge in [0.1, 0.15) is 0 Å². The topological polar surface area (TPSA) is 101 Å². The summed E-state index contributed by atoms with van der Waals surface area (Å²) in [4.78, 5) is 41.2. The first-order chi connectivity index (χ1) is 36.6. The molecular formula is C66H119NO8. The quantitative estimate of drug-likeness (QED) is 0.0255. The van der Waals surface area contributed by atoms with Crippen molar-refractivity contribution >= 4 is 17.9 Å². The number of carbonyl (C=O) groups is 3. The van der Waals surface area contributed by atoms with Crippen molar-refractivity contribution in [2.45, 2.75) is 298 Å². The third-order valence-electron chi connectivity index (χ3n) is 17.3. The van der Waals surface area contributed by atoms with Gasteiger partial charge in [0.05, 0.1) is 32.5 Å². The average Bonchev–Trinajstić information content (AvgIpc) is 3.39. The number of hydrogen-bond donors (Lipinski definition) is 0. The Labute approximate surface area is 462 Å². The van der Waals surface area contributed by atoms with E-state index in [1.165, 1.54) is 148 Å². The van der Waals surface area contributed by atoms with Gasteiger partial charge in [0.15, 0.2) is 0 Å². The van der Waals surface area contributed by atoms with Crippen molar-refractivity contribution in [2.75, 3.05) is 59.3 Å². The number of ether oxygens (including phenoxy) is 5. The van der Waals surface area contributed by atoms with E-state index in [-0.39, 0.29) is 40.3 Å². The highest BCUT2D eigenvalue weighted by Crippen LogP contribution is 2.73. The Morgan fingerprint density at radius 1 is 0.467 bits per heavy atom. The van der Waals surface area contributed by atoms with Crippen LogP contribution in [0.4, 0.5) is 0 Å². The van der Waals surface area contributed by atoms with Crippen LogP contribution in [0, 0.1) is 22.2 Å². The number of allylic oxidation sites excluding steroid dienone is 4. The van der Waals surface area contributed by atoms with Crippen molar-refractivity contribution in [1.82, 2.24) is 4.90 Å². The lowest BCUT2D eigenvalue weighted by atomic mass is 9.37. The van der Waals surface area contributed by atoms with Gasteiger partial charge >= 0.3 is 17.9 Å². The van der Waals surface area contributed by atoms with Crippen LogP contribution in [0.25, 0.3) is 0 Å². The predicted molar refractivity (Wildman–Crippen MR) is 312 cm³/mol. The van der Waals surface area contributed by atoms with Gasteiger partial charge in [-0.1, -0.05) is 155 Å². The molecule has 9 nitrogen and oxygen atoms in total. The molecule has 75 heavy (non-hydrogen) atoms. The first kappa shape index (κ1) is 67.0. The Hall–Kier alpha value is -2.23. The molecule has 0 aliphatic heterocycles. The van der Waals surface area contributed by atoms with Crippen molar-refractivity contribution in [2.24, 2.45) is 22.2 Å². The zero-order chi connectivity index (χ0) is 54.0. The van der Waals surface area contributed by atoms with E-state index in [4.69, 9.17) is 23.7 Å². The van der Waals surface area contributed by atoms with E-state index >= 15 is 0 Å². The second-order valence-corrected chi connectivity index (χ2v) is 24.2. The van der Waals surface area contributed by atoms with E-state index < -0.39 is 0 Å². The van der Waals surface area contributed by atoms with Crippen LogP contribution in [0.2, 0.25) is 0 Å². The minimum absolute atomic E-state index is 0.0377. The maximum absolute atomic E-state index is 13.2. The SMILES string of the molecule is CCCCC/C=C\C/C=C\CCCCCCCC(=O)OCCCC12CC3CC(CCCOC(=O)CCCN(CC)CC)(C1)CC(CCCOC(=O)CCC(COCCCCCCCC)OCCCCCCCC)(C3)C2. The fraction of sp³-hybridized carbons (Fsp3) is 0.894. The van der Waals surface area contributed by atoms with Gasteiger partial charge < -0.3 is 28.6 Å². The molecule has 0 spiro atoms. The highest BCUT2D eigenvalue weighted by molar-refractivity contribution is 5.70. The molecule has 5 unspecified atom stereocenters. The van der Waals surface area contributed by atoms with E-state index in [0.29, 0.717) is 58.0 Å². The van der Waals surface area contributed by atoms with Crippen molar-refractivity contribution < 1.29 is 38.1 Å². The second kappa shape index (κ2) is 42.7. The van der Waals surface area contributed by atoms with Crippen molar-refractivity contribution in [3.8, 4) is 0 Å². The molecule has 436 valence electrons. The summed E-state index contributed by atoms with van der Waals surface area (Å²) < 4.78 is 30.1. The molecule has 9 heteroatoms. The van der Waals surface area contributed by atoms with Gasteiger partial charge in [0.2, 0.25) is 0 Å². The summed E-state index contributed by atoms with van der Waals surface area (Å²) in [7, 11) is 0. The van der Waals surface area contributed by atoms with Gasteiger partial charge in [-0.15, -0.1) is 0 Å². The highest BCUT2D eigenvalue weighted by Gasteiger charge is 2.62. The van der Waals surface area contributed by atoms with Gasteiger partial charge in [-0.3, -0.25) is 14.4 Å². The maximum atomic E-state index is 13.2. The molecule has 4 rings (SSSR count). The van der Waals surface area contributed by atoms with E-state index in [1.807, 2.05) is 0 Å². The van der Waals surface area contributed by atoms with Crippen LogP contribution >= 0.6 is 0 Å². The minimum atomic E-state index is -0.120. The molecule has 0 amide bonds. The van der Waals surface area contributed by atoms with Gasteiger partial charge in [-0.05, 0) is 183 Å². The summed E-state index contributed by atoms with van der Waals surface area (Å²) in [5, 5.41) is 0. The molecule has 4 fully saturated rings. The lowest BCUT2D eigenvalue weighted by Gasteiger charge is -2.67. The molecule has 4 saturated carbocycles. The molecule has 0 saturated heterocycles. The third-order valence-corrected chi connectivity index (χ3v) is 17.3. The fourth-order valence-electron chi connectivity index (χ4n) is 13.9. The van der Waals surface area contributed by atoms with Crippen LogP contribution in [-0.2, 0) is 38.1 Å².